The minimum Gasteiger partial charge on any atom is -0.461 e. The van der Waals surface area contributed by atoms with E-state index in [0.29, 0.717) is 18.4 Å². The van der Waals surface area contributed by atoms with Crippen LogP contribution in [0.15, 0.2) is 36.4 Å². The number of amides is 2. The quantitative estimate of drug-likeness (QED) is 0.253. The molecule has 2 aliphatic rings. The number of carbonyl (C=O) groups is 3. The number of esters is 1. The zero-order valence-corrected chi connectivity index (χ0v) is 14.0. The van der Waals surface area contributed by atoms with Gasteiger partial charge in [-0.1, -0.05) is 24.3 Å². The van der Waals surface area contributed by atoms with Crippen LogP contribution in [-0.4, -0.2) is 34.2 Å². The molecule has 0 saturated carbocycles. The third kappa shape index (κ3) is 3.63. The van der Waals surface area contributed by atoms with E-state index in [0.717, 1.165) is 4.90 Å². The number of hydrogen-bond donors (Lipinski definition) is 0. The number of rotatable bonds is 6. The molecule has 8 heteroatoms. The molecule has 0 unspecified atom stereocenters. The minimum absolute atomic E-state index is 0.00155. The van der Waals surface area contributed by atoms with Crippen LogP contribution in [0.5, 0.6) is 0 Å². The summed E-state index contributed by atoms with van der Waals surface area (Å²) < 4.78 is 5.09. The van der Waals surface area contributed by atoms with Crippen LogP contribution >= 0.6 is 0 Å². The van der Waals surface area contributed by atoms with Crippen molar-refractivity contribution in [3.63, 3.8) is 0 Å². The Labute approximate surface area is 149 Å². The number of likely N-dealkylation sites (tertiary alicyclic amines) is 1. The summed E-state index contributed by atoms with van der Waals surface area (Å²) in [4.78, 5) is 47.9. The van der Waals surface area contributed by atoms with Crippen molar-refractivity contribution in [1.82, 2.24) is 4.90 Å². The average molecular weight is 358 g/mol. The Morgan fingerprint density at radius 3 is 2.46 bits per heavy atom. The van der Waals surface area contributed by atoms with Gasteiger partial charge in [-0.15, -0.1) is 0 Å². The van der Waals surface area contributed by atoms with Crippen molar-refractivity contribution in [2.75, 3.05) is 6.54 Å². The number of carbonyl (C=O) groups excluding carboxylic acids is 3. The minimum atomic E-state index is -0.565. The summed E-state index contributed by atoms with van der Waals surface area (Å²) in [6.07, 6.45) is 4.83. The van der Waals surface area contributed by atoms with E-state index < -0.39 is 10.9 Å². The number of benzene rings is 1. The summed E-state index contributed by atoms with van der Waals surface area (Å²) in [6, 6.07) is 5.81. The van der Waals surface area contributed by atoms with Crippen molar-refractivity contribution >= 4 is 23.5 Å². The van der Waals surface area contributed by atoms with Crippen LogP contribution in [0, 0.1) is 22.0 Å². The molecule has 1 aromatic rings. The summed E-state index contributed by atoms with van der Waals surface area (Å²) in [6.45, 7) is -0.101. The number of hydrogen-bond acceptors (Lipinski definition) is 6. The van der Waals surface area contributed by atoms with E-state index in [1.165, 1.54) is 18.2 Å². The van der Waals surface area contributed by atoms with Gasteiger partial charge in [0.2, 0.25) is 11.8 Å². The Morgan fingerprint density at radius 2 is 1.85 bits per heavy atom. The van der Waals surface area contributed by atoms with Gasteiger partial charge in [-0.05, 0) is 18.4 Å². The molecule has 1 aromatic carbocycles. The van der Waals surface area contributed by atoms with Crippen LogP contribution in [0.1, 0.15) is 24.8 Å². The Balaban J connectivity index is 1.50. The molecular weight excluding hydrogens is 340 g/mol. The van der Waals surface area contributed by atoms with Crippen LogP contribution < -0.4 is 0 Å². The number of nitro benzene ring substituents is 1. The number of allylic oxidation sites excluding steroid dienone is 2. The van der Waals surface area contributed by atoms with E-state index in [2.05, 4.69) is 0 Å². The molecule has 0 N–H and O–H groups in total. The molecule has 3 rings (SSSR count). The molecule has 1 aliphatic heterocycles. The molecule has 0 bridgehead atoms. The Kier molecular flexibility index (Phi) is 5.11. The largest absolute Gasteiger partial charge is 0.461 e. The maximum atomic E-state index is 12.3. The van der Waals surface area contributed by atoms with Crippen LogP contribution in [0.2, 0.25) is 0 Å². The third-order valence-corrected chi connectivity index (χ3v) is 4.66. The Bertz CT molecular complexity index is 762. The number of imide groups is 1. The van der Waals surface area contributed by atoms with Crippen molar-refractivity contribution < 1.29 is 24.0 Å². The normalized spacial score (nSPS) is 21.6. The molecule has 0 spiro atoms. The standard InChI is InChI=1S/C18H18N2O6/c21-16(26-11-12-4-3-5-13(10-12)20(24)25)8-9-19-17(22)14-6-1-2-7-15(14)18(19)23/h1-5,10,14-15H,6-9,11H2/t14-,15-/m1/s1. The van der Waals surface area contributed by atoms with Gasteiger partial charge in [0.1, 0.15) is 6.61 Å². The summed E-state index contributed by atoms with van der Waals surface area (Å²) in [7, 11) is 0. The smallest absolute Gasteiger partial charge is 0.307 e. The molecule has 1 saturated heterocycles. The lowest BCUT2D eigenvalue weighted by atomic mass is 9.85. The van der Waals surface area contributed by atoms with E-state index in [1.807, 2.05) is 12.2 Å². The molecule has 1 aliphatic carbocycles. The average Bonchev–Trinajstić information content (AvgIpc) is 2.89. The van der Waals surface area contributed by atoms with Crippen LogP contribution in [0.4, 0.5) is 5.69 Å². The van der Waals surface area contributed by atoms with Crippen LogP contribution in [0.25, 0.3) is 0 Å². The molecular formula is C18H18N2O6. The summed E-state index contributed by atoms with van der Waals surface area (Å²) in [5.74, 6) is -1.64. The topological polar surface area (TPSA) is 107 Å². The summed E-state index contributed by atoms with van der Waals surface area (Å²) in [5.41, 5.74) is 0.418. The first-order chi connectivity index (χ1) is 12.5. The van der Waals surface area contributed by atoms with E-state index in [1.54, 1.807) is 6.07 Å². The lowest BCUT2D eigenvalue weighted by molar-refractivity contribution is -0.384. The van der Waals surface area contributed by atoms with Gasteiger partial charge in [-0.25, -0.2) is 0 Å². The van der Waals surface area contributed by atoms with Gasteiger partial charge in [0.05, 0.1) is 23.2 Å². The van der Waals surface area contributed by atoms with Crippen molar-refractivity contribution in [3.05, 3.63) is 52.1 Å². The van der Waals surface area contributed by atoms with Crippen molar-refractivity contribution in [2.24, 2.45) is 11.8 Å². The van der Waals surface area contributed by atoms with Crippen LogP contribution in [-0.2, 0) is 25.7 Å². The third-order valence-electron chi connectivity index (χ3n) is 4.66. The molecule has 26 heavy (non-hydrogen) atoms. The molecule has 2 amide bonds. The molecule has 136 valence electrons. The summed E-state index contributed by atoms with van der Waals surface area (Å²) >= 11 is 0. The number of non-ortho nitro benzene ring substituents is 1. The van der Waals surface area contributed by atoms with Gasteiger partial charge in [-0.3, -0.25) is 29.4 Å². The van der Waals surface area contributed by atoms with E-state index in [4.69, 9.17) is 4.74 Å². The van der Waals surface area contributed by atoms with E-state index in [9.17, 15) is 24.5 Å². The Hall–Kier alpha value is -3.03. The van der Waals surface area contributed by atoms with Crippen molar-refractivity contribution in [3.8, 4) is 0 Å². The van der Waals surface area contributed by atoms with Crippen LogP contribution in [0.3, 0.4) is 0 Å². The van der Waals surface area contributed by atoms with Gasteiger partial charge < -0.3 is 4.74 Å². The fraction of sp³-hybridized carbons (Fsp3) is 0.389. The molecule has 0 radical (unpaired) electrons. The first-order valence-electron chi connectivity index (χ1n) is 8.36. The second-order valence-electron chi connectivity index (χ2n) is 6.32. The Morgan fingerprint density at radius 1 is 1.19 bits per heavy atom. The lowest BCUT2D eigenvalue weighted by Crippen LogP contribution is -2.33. The number of fused-ring (bicyclic) bond motifs is 1. The first-order valence-corrected chi connectivity index (χ1v) is 8.36. The second kappa shape index (κ2) is 7.47. The fourth-order valence-electron chi connectivity index (χ4n) is 3.29. The van der Waals surface area contributed by atoms with Gasteiger partial charge in [0.25, 0.3) is 5.69 Å². The maximum Gasteiger partial charge on any atom is 0.307 e. The SMILES string of the molecule is O=C(CCN1C(=O)[C@@H]2CC=CC[C@H]2C1=O)OCc1cccc([N+](=O)[O-])c1. The predicted molar refractivity (Wildman–Crippen MR) is 89.6 cm³/mol. The second-order valence-corrected chi connectivity index (χ2v) is 6.32. The van der Waals surface area contributed by atoms with Gasteiger partial charge in [-0.2, -0.15) is 0 Å². The number of nitro groups is 1. The van der Waals surface area contributed by atoms with Gasteiger partial charge in [0.15, 0.2) is 0 Å². The first kappa shape index (κ1) is 17.8. The fourth-order valence-corrected chi connectivity index (χ4v) is 3.29. The van der Waals surface area contributed by atoms with E-state index >= 15 is 0 Å². The number of ether oxygens (including phenoxy) is 1. The zero-order chi connectivity index (χ0) is 18.7. The van der Waals surface area contributed by atoms with Crippen molar-refractivity contribution in [1.29, 1.82) is 0 Å². The zero-order valence-electron chi connectivity index (χ0n) is 14.0. The molecule has 0 aromatic heterocycles. The highest BCUT2D eigenvalue weighted by atomic mass is 16.6. The molecule has 2 atom stereocenters. The molecule has 1 heterocycles. The maximum absolute atomic E-state index is 12.3. The highest BCUT2D eigenvalue weighted by Crippen LogP contribution is 2.35. The number of nitrogens with zero attached hydrogens (tertiary/aromatic N) is 2. The van der Waals surface area contributed by atoms with Crippen molar-refractivity contribution in [2.45, 2.75) is 25.9 Å². The van der Waals surface area contributed by atoms with Gasteiger partial charge >= 0.3 is 5.97 Å². The van der Waals surface area contributed by atoms with E-state index in [-0.39, 0.29) is 48.9 Å². The monoisotopic (exact) mass is 358 g/mol. The molecule has 8 nitrogen and oxygen atoms in total. The lowest BCUT2D eigenvalue weighted by Gasteiger charge is -2.14. The van der Waals surface area contributed by atoms with Gasteiger partial charge in [0, 0.05) is 18.7 Å². The highest BCUT2D eigenvalue weighted by Gasteiger charge is 2.46. The molecule has 1 fully saturated rings. The summed E-state index contributed by atoms with van der Waals surface area (Å²) in [5, 5.41) is 10.7. The highest BCUT2D eigenvalue weighted by molar-refractivity contribution is 6.05. The predicted octanol–water partition coefficient (Wildman–Crippen LogP) is 1.98.